The minimum atomic E-state index is 0.878. The third-order valence-electron chi connectivity index (χ3n) is 3.24. The second kappa shape index (κ2) is 5.83. The van der Waals surface area contributed by atoms with Crippen LogP contribution < -0.4 is 5.32 Å². The van der Waals surface area contributed by atoms with E-state index in [-0.39, 0.29) is 0 Å². The van der Waals surface area contributed by atoms with Crippen LogP contribution in [0.5, 0.6) is 0 Å². The number of aromatic nitrogens is 2. The molecular weight excluding hydrogens is 222 g/mol. The quantitative estimate of drug-likeness (QED) is 0.817. The van der Waals surface area contributed by atoms with Crippen LogP contribution in [0.3, 0.4) is 0 Å². The first kappa shape index (κ1) is 12.8. The second-order valence-electron chi connectivity index (χ2n) is 4.75. The van der Waals surface area contributed by atoms with Crippen molar-refractivity contribution in [3.8, 4) is 0 Å². The maximum Gasteiger partial charge on any atom is 0.0597 e. The molecule has 0 amide bonds. The van der Waals surface area contributed by atoms with Crippen LogP contribution in [0.15, 0.2) is 30.3 Å². The van der Waals surface area contributed by atoms with Crippen molar-refractivity contribution in [3.63, 3.8) is 0 Å². The third kappa shape index (κ3) is 3.20. The van der Waals surface area contributed by atoms with E-state index in [2.05, 4.69) is 47.7 Å². The van der Waals surface area contributed by atoms with Crippen molar-refractivity contribution in [1.29, 1.82) is 0 Å². The van der Waals surface area contributed by atoms with E-state index in [9.17, 15) is 0 Å². The number of hydrogen-bond acceptors (Lipinski definition) is 2. The van der Waals surface area contributed by atoms with Gasteiger partial charge in [0.15, 0.2) is 0 Å². The van der Waals surface area contributed by atoms with Gasteiger partial charge in [0.05, 0.1) is 11.4 Å². The molecule has 0 saturated heterocycles. The minimum Gasteiger partial charge on any atom is -0.311 e. The molecule has 1 aromatic heterocycles. The van der Waals surface area contributed by atoms with Crippen molar-refractivity contribution in [3.05, 3.63) is 52.8 Å². The topological polar surface area (TPSA) is 29.9 Å². The number of rotatable bonds is 5. The van der Waals surface area contributed by atoms with Crippen LogP contribution in [-0.2, 0) is 20.0 Å². The van der Waals surface area contributed by atoms with Gasteiger partial charge < -0.3 is 5.32 Å². The average Bonchev–Trinajstić information content (AvgIpc) is 2.65. The second-order valence-corrected chi connectivity index (χ2v) is 4.75. The summed E-state index contributed by atoms with van der Waals surface area (Å²) in [4.78, 5) is 0. The van der Waals surface area contributed by atoms with E-state index in [1.54, 1.807) is 0 Å². The molecule has 0 aliphatic rings. The summed E-state index contributed by atoms with van der Waals surface area (Å²) in [6.45, 7) is 6.06. The highest BCUT2D eigenvalue weighted by molar-refractivity contribution is 5.25. The highest BCUT2D eigenvalue weighted by Gasteiger charge is 2.01. The van der Waals surface area contributed by atoms with Gasteiger partial charge in [0.1, 0.15) is 0 Å². The Morgan fingerprint density at radius 3 is 2.67 bits per heavy atom. The van der Waals surface area contributed by atoms with Crippen LogP contribution in [0, 0.1) is 13.8 Å². The van der Waals surface area contributed by atoms with Crippen LogP contribution in [0.4, 0.5) is 0 Å². The van der Waals surface area contributed by atoms with E-state index < -0.39 is 0 Å². The molecule has 0 atom stereocenters. The lowest BCUT2D eigenvalue weighted by Crippen LogP contribution is -2.18. The Bertz CT molecular complexity index is 514. The van der Waals surface area contributed by atoms with E-state index in [4.69, 9.17) is 0 Å². The molecule has 96 valence electrons. The van der Waals surface area contributed by atoms with Crippen molar-refractivity contribution >= 4 is 0 Å². The fraction of sp³-hybridized carbons (Fsp3) is 0.400. The van der Waals surface area contributed by atoms with Crippen molar-refractivity contribution in [1.82, 2.24) is 15.1 Å². The monoisotopic (exact) mass is 243 g/mol. The molecule has 0 spiro atoms. The molecule has 0 saturated carbocycles. The van der Waals surface area contributed by atoms with E-state index >= 15 is 0 Å². The van der Waals surface area contributed by atoms with Crippen LogP contribution >= 0.6 is 0 Å². The number of nitrogens with zero attached hydrogens (tertiary/aromatic N) is 2. The minimum absolute atomic E-state index is 0.878. The van der Waals surface area contributed by atoms with Crippen molar-refractivity contribution < 1.29 is 0 Å². The molecule has 0 aliphatic carbocycles. The molecule has 0 fully saturated rings. The summed E-state index contributed by atoms with van der Waals surface area (Å²) < 4.78 is 1.94. The lowest BCUT2D eigenvalue weighted by Gasteiger charge is -2.07. The first-order chi connectivity index (χ1) is 8.66. The van der Waals surface area contributed by atoms with Gasteiger partial charge in [0.2, 0.25) is 0 Å². The Balaban J connectivity index is 1.80. The Kier molecular flexibility index (Phi) is 4.15. The van der Waals surface area contributed by atoms with Gasteiger partial charge in [-0.05, 0) is 44.0 Å². The van der Waals surface area contributed by atoms with Gasteiger partial charge >= 0.3 is 0 Å². The molecule has 2 aromatic rings. The predicted octanol–water partition coefficient (Wildman–Crippen LogP) is 2.37. The normalized spacial score (nSPS) is 10.8. The van der Waals surface area contributed by atoms with Gasteiger partial charge in [-0.25, -0.2) is 0 Å². The molecular formula is C15H21N3. The highest BCUT2D eigenvalue weighted by atomic mass is 15.3. The van der Waals surface area contributed by atoms with Gasteiger partial charge in [0.25, 0.3) is 0 Å². The summed E-state index contributed by atoms with van der Waals surface area (Å²) in [6.07, 6.45) is 1.07. The molecule has 1 aromatic carbocycles. The average molecular weight is 243 g/mol. The SMILES string of the molecule is Cc1cc(CNCCc2ccccc2C)n(C)n1. The Labute approximate surface area is 109 Å². The summed E-state index contributed by atoms with van der Waals surface area (Å²) in [5.74, 6) is 0. The molecule has 3 nitrogen and oxygen atoms in total. The van der Waals surface area contributed by atoms with E-state index in [0.717, 1.165) is 25.2 Å². The van der Waals surface area contributed by atoms with Crippen LogP contribution in [0.2, 0.25) is 0 Å². The lowest BCUT2D eigenvalue weighted by atomic mass is 10.1. The van der Waals surface area contributed by atoms with Crippen LogP contribution in [0.1, 0.15) is 22.5 Å². The van der Waals surface area contributed by atoms with Crippen molar-refractivity contribution in [2.45, 2.75) is 26.8 Å². The maximum atomic E-state index is 4.34. The number of aryl methyl sites for hydroxylation is 3. The van der Waals surface area contributed by atoms with Crippen molar-refractivity contribution in [2.24, 2.45) is 7.05 Å². The summed E-state index contributed by atoms with van der Waals surface area (Å²) in [6, 6.07) is 10.7. The Morgan fingerprint density at radius 1 is 1.22 bits per heavy atom. The molecule has 1 N–H and O–H groups in total. The molecule has 0 radical (unpaired) electrons. The van der Waals surface area contributed by atoms with Gasteiger partial charge in [0, 0.05) is 13.6 Å². The molecule has 0 aliphatic heterocycles. The fourth-order valence-corrected chi connectivity index (χ4v) is 2.16. The lowest BCUT2D eigenvalue weighted by molar-refractivity contribution is 0.624. The summed E-state index contributed by atoms with van der Waals surface area (Å²) in [5, 5.41) is 7.81. The molecule has 18 heavy (non-hydrogen) atoms. The van der Waals surface area contributed by atoms with Gasteiger partial charge in [-0.1, -0.05) is 24.3 Å². The fourth-order valence-electron chi connectivity index (χ4n) is 2.16. The summed E-state index contributed by atoms with van der Waals surface area (Å²) in [5.41, 5.74) is 5.10. The zero-order chi connectivity index (χ0) is 13.0. The van der Waals surface area contributed by atoms with Crippen molar-refractivity contribution in [2.75, 3.05) is 6.54 Å². The number of hydrogen-bond donors (Lipinski definition) is 1. The van der Waals surface area contributed by atoms with E-state index in [1.807, 2.05) is 18.7 Å². The Hall–Kier alpha value is -1.61. The van der Waals surface area contributed by atoms with Crippen LogP contribution in [-0.4, -0.2) is 16.3 Å². The van der Waals surface area contributed by atoms with Crippen LogP contribution in [0.25, 0.3) is 0 Å². The first-order valence-corrected chi connectivity index (χ1v) is 6.41. The van der Waals surface area contributed by atoms with Gasteiger partial charge in [-0.2, -0.15) is 5.10 Å². The molecule has 0 bridgehead atoms. The first-order valence-electron chi connectivity index (χ1n) is 6.41. The summed E-state index contributed by atoms with van der Waals surface area (Å²) >= 11 is 0. The molecule has 1 heterocycles. The molecule has 2 rings (SSSR count). The zero-order valence-corrected chi connectivity index (χ0v) is 11.4. The molecule has 0 unspecified atom stereocenters. The van der Waals surface area contributed by atoms with Gasteiger partial charge in [-0.15, -0.1) is 0 Å². The number of nitrogens with one attached hydrogen (secondary N) is 1. The third-order valence-corrected chi connectivity index (χ3v) is 3.24. The smallest absolute Gasteiger partial charge is 0.0597 e. The maximum absolute atomic E-state index is 4.34. The Morgan fingerprint density at radius 2 is 2.00 bits per heavy atom. The summed E-state index contributed by atoms with van der Waals surface area (Å²) in [7, 11) is 1.99. The standard InChI is InChI=1S/C15H21N3/c1-12-6-4-5-7-14(12)8-9-16-11-15-10-13(2)17-18(15)3/h4-7,10,16H,8-9,11H2,1-3H3. The predicted molar refractivity (Wildman–Crippen MR) is 74.5 cm³/mol. The highest BCUT2D eigenvalue weighted by Crippen LogP contribution is 2.07. The van der Waals surface area contributed by atoms with Gasteiger partial charge in [-0.3, -0.25) is 4.68 Å². The number of benzene rings is 1. The largest absolute Gasteiger partial charge is 0.311 e. The zero-order valence-electron chi connectivity index (χ0n) is 11.4. The molecule has 3 heteroatoms. The van der Waals surface area contributed by atoms with E-state index in [0.29, 0.717) is 0 Å². The van der Waals surface area contributed by atoms with E-state index in [1.165, 1.54) is 16.8 Å².